The van der Waals surface area contributed by atoms with Crippen LogP contribution in [0.3, 0.4) is 0 Å². The van der Waals surface area contributed by atoms with E-state index in [0.717, 1.165) is 0 Å². The van der Waals surface area contributed by atoms with Crippen molar-refractivity contribution in [1.29, 1.82) is 0 Å². The molecule has 1 aliphatic heterocycles. The maximum Gasteiger partial charge on any atom is 0.409 e. The topological polar surface area (TPSA) is 76.1 Å². The van der Waals surface area contributed by atoms with Crippen LogP contribution in [0, 0.1) is 0 Å². The Labute approximate surface area is 94.1 Å². The SMILES string of the molecule is COC(=O)CC[C@H]1COC(C)(C)N1C(=O)O. The molecule has 0 radical (unpaired) electrons. The van der Waals surface area contributed by atoms with Crippen LogP contribution >= 0.6 is 0 Å². The van der Waals surface area contributed by atoms with Gasteiger partial charge in [0.2, 0.25) is 0 Å². The van der Waals surface area contributed by atoms with Gasteiger partial charge >= 0.3 is 12.1 Å². The number of hydrogen-bond donors (Lipinski definition) is 1. The molecule has 1 fully saturated rings. The van der Waals surface area contributed by atoms with Gasteiger partial charge in [0.1, 0.15) is 5.72 Å². The fourth-order valence-electron chi connectivity index (χ4n) is 1.87. The summed E-state index contributed by atoms with van der Waals surface area (Å²) in [6.45, 7) is 3.70. The quantitative estimate of drug-likeness (QED) is 0.735. The molecule has 1 aliphatic rings. The number of amides is 1. The maximum atomic E-state index is 11.1. The molecule has 0 saturated carbocycles. The van der Waals surface area contributed by atoms with E-state index >= 15 is 0 Å². The molecule has 1 amide bonds. The molecular weight excluding hydrogens is 214 g/mol. The summed E-state index contributed by atoms with van der Waals surface area (Å²) in [4.78, 5) is 23.3. The Hall–Kier alpha value is -1.30. The minimum absolute atomic E-state index is 0.199. The van der Waals surface area contributed by atoms with Gasteiger partial charge in [0.05, 0.1) is 19.8 Å². The van der Waals surface area contributed by atoms with Crippen molar-refractivity contribution in [2.45, 2.75) is 38.5 Å². The highest BCUT2D eigenvalue weighted by Crippen LogP contribution is 2.29. The van der Waals surface area contributed by atoms with Gasteiger partial charge in [0.15, 0.2) is 0 Å². The van der Waals surface area contributed by atoms with Crippen molar-refractivity contribution in [1.82, 2.24) is 4.90 Å². The third kappa shape index (κ3) is 2.63. The summed E-state index contributed by atoms with van der Waals surface area (Å²) in [5.41, 5.74) is -0.827. The Balaban J connectivity index is 2.60. The van der Waals surface area contributed by atoms with E-state index < -0.39 is 11.8 Å². The first-order valence-electron chi connectivity index (χ1n) is 5.11. The van der Waals surface area contributed by atoms with E-state index in [0.29, 0.717) is 13.0 Å². The Morgan fingerprint density at radius 2 is 2.19 bits per heavy atom. The lowest BCUT2D eigenvalue weighted by atomic mass is 10.1. The van der Waals surface area contributed by atoms with Gasteiger partial charge in [-0.15, -0.1) is 0 Å². The summed E-state index contributed by atoms with van der Waals surface area (Å²) in [7, 11) is 1.31. The molecule has 0 aromatic heterocycles. The van der Waals surface area contributed by atoms with Crippen LogP contribution in [-0.4, -0.2) is 47.6 Å². The molecule has 1 heterocycles. The number of methoxy groups -OCH3 is 1. The van der Waals surface area contributed by atoms with E-state index in [2.05, 4.69) is 4.74 Å². The second-order valence-corrected chi connectivity index (χ2v) is 4.18. The molecule has 1 rings (SSSR count). The maximum absolute atomic E-state index is 11.1. The molecule has 0 aromatic carbocycles. The first-order chi connectivity index (χ1) is 7.38. The van der Waals surface area contributed by atoms with Crippen LogP contribution in [-0.2, 0) is 14.3 Å². The Morgan fingerprint density at radius 1 is 1.56 bits per heavy atom. The molecule has 0 aliphatic carbocycles. The summed E-state index contributed by atoms with van der Waals surface area (Å²) in [6, 6.07) is -0.286. The fraction of sp³-hybridized carbons (Fsp3) is 0.800. The number of carbonyl (C=O) groups is 2. The van der Waals surface area contributed by atoms with Gasteiger partial charge in [-0.2, -0.15) is 0 Å². The van der Waals surface area contributed by atoms with Crippen molar-refractivity contribution in [2.24, 2.45) is 0 Å². The van der Waals surface area contributed by atoms with E-state index in [1.54, 1.807) is 13.8 Å². The van der Waals surface area contributed by atoms with E-state index in [-0.39, 0.29) is 18.4 Å². The monoisotopic (exact) mass is 231 g/mol. The summed E-state index contributed by atoms with van der Waals surface area (Å²) >= 11 is 0. The van der Waals surface area contributed by atoms with Gasteiger partial charge < -0.3 is 14.6 Å². The van der Waals surface area contributed by atoms with Crippen LogP contribution < -0.4 is 0 Å². The van der Waals surface area contributed by atoms with Crippen LogP contribution in [0.4, 0.5) is 4.79 Å². The first-order valence-corrected chi connectivity index (χ1v) is 5.11. The zero-order chi connectivity index (χ0) is 12.3. The van der Waals surface area contributed by atoms with Crippen LogP contribution in [0.15, 0.2) is 0 Å². The third-order valence-electron chi connectivity index (χ3n) is 2.69. The molecule has 6 nitrogen and oxygen atoms in total. The van der Waals surface area contributed by atoms with Gasteiger partial charge in [-0.05, 0) is 20.3 Å². The third-order valence-corrected chi connectivity index (χ3v) is 2.69. The van der Waals surface area contributed by atoms with Crippen molar-refractivity contribution in [3.05, 3.63) is 0 Å². The Kier molecular flexibility index (Phi) is 3.74. The number of rotatable bonds is 3. The molecule has 0 aromatic rings. The molecule has 92 valence electrons. The van der Waals surface area contributed by atoms with Crippen LogP contribution in [0.25, 0.3) is 0 Å². The summed E-state index contributed by atoms with van der Waals surface area (Å²) < 4.78 is 9.90. The number of esters is 1. The number of carbonyl (C=O) groups excluding carboxylic acids is 1. The second kappa shape index (κ2) is 4.69. The summed E-state index contributed by atoms with van der Waals surface area (Å²) in [6.07, 6.45) is -0.412. The van der Waals surface area contributed by atoms with Crippen molar-refractivity contribution < 1.29 is 24.2 Å². The van der Waals surface area contributed by atoms with Crippen molar-refractivity contribution in [3.8, 4) is 0 Å². The first kappa shape index (κ1) is 12.8. The van der Waals surface area contributed by atoms with E-state index in [1.807, 2.05) is 0 Å². The number of ether oxygens (including phenoxy) is 2. The molecule has 1 atom stereocenters. The highest BCUT2D eigenvalue weighted by Gasteiger charge is 2.43. The lowest BCUT2D eigenvalue weighted by Crippen LogP contribution is -2.47. The van der Waals surface area contributed by atoms with Gasteiger partial charge in [-0.25, -0.2) is 4.79 Å². The van der Waals surface area contributed by atoms with E-state index in [9.17, 15) is 9.59 Å². The zero-order valence-electron chi connectivity index (χ0n) is 9.73. The van der Waals surface area contributed by atoms with Crippen molar-refractivity contribution in [3.63, 3.8) is 0 Å². The molecule has 1 N–H and O–H groups in total. The Bertz CT molecular complexity index is 289. The molecule has 6 heteroatoms. The highest BCUT2D eigenvalue weighted by atomic mass is 16.5. The standard InChI is InChI=1S/C10H17NO5/c1-10(2)11(9(13)14)7(6-16-10)4-5-8(12)15-3/h7H,4-6H2,1-3H3,(H,13,14)/t7-/m0/s1. The molecule has 0 spiro atoms. The summed E-state index contributed by atoms with van der Waals surface area (Å²) in [5.74, 6) is -0.338. The van der Waals surface area contributed by atoms with Crippen molar-refractivity contribution in [2.75, 3.05) is 13.7 Å². The van der Waals surface area contributed by atoms with E-state index in [4.69, 9.17) is 9.84 Å². The highest BCUT2D eigenvalue weighted by molar-refractivity contribution is 5.70. The van der Waals surface area contributed by atoms with Crippen LogP contribution in [0.5, 0.6) is 0 Å². The molecule has 1 saturated heterocycles. The van der Waals surface area contributed by atoms with Crippen LogP contribution in [0.1, 0.15) is 26.7 Å². The normalized spacial score (nSPS) is 23.2. The molecule has 0 bridgehead atoms. The summed E-state index contributed by atoms with van der Waals surface area (Å²) in [5, 5.41) is 9.07. The van der Waals surface area contributed by atoms with Gasteiger partial charge in [0, 0.05) is 6.42 Å². The second-order valence-electron chi connectivity index (χ2n) is 4.18. The average Bonchev–Trinajstić information content (AvgIpc) is 2.50. The van der Waals surface area contributed by atoms with Crippen LogP contribution in [0.2, 0.25) is 0 Å². The number of hydrogen-bond acceptors (Lipinski definition) is 4. The number of nitrogens with zero attached hydrogens (tertiary/aromatic N) is 1. The molecule has 16 heavy (non-hydrogen) atoms. The van der Waals surface area contributed by atoms with Gasteiger partial charge in [0.25, 0.3) is 0 Å². The number of carboxylic acid groups (broad SMARTS) is 1. The molecule has 0 unspecified atom stereocenters. The minimum Gasteiger partial charge on any atom is -0.469 e. The largest absolute Gasteiger partial charge is 0.469 e. The predicted molar refractivity (Wildman–Crippen MR) is 54.9 cm³/mol. The minimum atomic E-state index is -1.03. The fourth-order valence-corrected chi connectivity index (χ4v) is 1.87. The smallest absolute Gasteiger partial charge is 0.409 e. The lowest BCUT2D eigenvalue weighted by molar-refractivity contribution is -0.141. The molecular formula is C10H17NO5. The van der Waals surface area contributed by atoms with Gasteiger partial charge in [-0.1, -0.05) is 0 Å². The average molecular weight is 231 g/mol. The van der Waals surface area contributed by atoms with Crippen molar-refractivity contribution >= 4 is 12.1 Å². The Morgan fingerprint density at radius 3 is 2.69 bits per heavy atom. The van der Waals surface area contributed by atoms with E-state index in [1.165, 1.54) is 12.0 Å². The lowest BCUT2D eigenvalue weighted by Gasteiger charge is -2.30. The predicted octanol–water partition coefficient (Wildman–Crippen LogP) is 1.05. The zero-order valence-corrected chi connectivity index (χ0v) is 9.73. The van der Waals surface area contributed by atoms with Gasteiger partial charge in [-0.3, -0.25) is 9.69 Å².